The van der Waals surface area contributed by atoms with E-state index in [0.717, 1.165) is 62.7 Å². The minimum Gasteiger partial charge on any atom is -0.322 e. The van der Waals surface area contributed by atoms with Crippen LogP contribution < -0.4 is 5.32 Å². The molecule has 2 fully saturated rings. The second kappa shape index (κ2) is 12.1. The summed E-state index contributed by atoms with van der Waals surface area (Å²) in [6.45, 7) is 6.63. The maximum atomic E-state index is 12.9. The maximum Gasteiger partial charge on any atom is 0.255 e. The Labute approximate surface area is 246 Å². The first-order valence-electron chi connectivity index (χ1n) is 14.5. The summed E-state index contributed by atoms with van der Waals surface area (Å²) in [5, 5.41) is 3.12. The largest absolute Gasteiger partial charge is 0.322 e. The Morgan fingerprint density at radius 1 is 0.854 bits per heavy atom. The fraction of sp³-hybridized carbons (Fsp3) is 0.364. The summed E-state index contributed by atoms with van der Waals surface area (Å²) in [6, 6.07) is 22.2. The zero-order chi connectivity index (χ0) is 28.3. The van der Waals surface area contributed by atoms with Crippen molar-refractivity contribution in [2.24, 2.45) is 0 Å². The van der Waals surface area contributed by atoms with Crippen molar-refractivity contribution in [1.82, 2.24) is 20.0 Å². The van der Waals surface area contributed by atoms with Crippen LogP contribution in [-0.2, 0) is 29.1 Å². The van der Waals surface area contributed by atoms with E-state index in [0.29, 0.717) is 18.5 Å². The number of hydrogen-bond donors (Lipinski definition) is 1. The fourth-order valence-corrected chi connectivity index (χ4v) is 6.40. The van der Waals surface area contributed by atoms with Crippen LogP contribution in [0, 0.1) is 0 Å². The molecule has 1 unspecified atom stereocenters. The molecule has 3 aliphatic rings. The molecule has 41 heavy (non-hydrogen) atoms. The van der Waals surface area contributed by atoms with E-state index >= 15 is 0 Å². The number of carbonyl (C=O) groups is 3. The summed E-state index contributed by atoms with van der Waals surface area (Å²) >= 11 is 6.10. The lowest BCUT2D eigenvalue weighted by Gasteiger charge is -2.35. The highest BCUT2D eigenvalue weighted by Gasteiger charge is 2.39. The molecule has 3 aromatic rings. The quantitative estimate of drug-likeness (QED) is 0.403. The molecule has 7 nitrogen and oxygen atoms in total. The van der Waals surface area contributed by atoms with Crippen LogP contribution in [0.3, 0.4) is 0 Å². The van der Waals surface area contributed by atoms with E-state index in [1.807, 2.05) is 24.3 Å². The molecule has 3 amide bonds. The number of benzene rings is 3. The van der Waals surface area contributed by atoms with E-state index in [9.17, 15) is 14.4 Å². The fourth-order valence-electron chi connectivity index (χ4n) is 6.27. The first kappa shape index (κ1) is 27.6. The third kappa shape index (κ3) is 6.22. The van der Waals surface area contributed by atoms with Crippen LogP contribution in [0.2, 0.25) is 5.02 Å². The lowest BCUT2D eigenvalue weighted by Crippen LogP contribution is -2.52. The van der Waals surface area contributed by atoms with Gasteiger partial charge in [-0.1, -0.05) is 60.1 Å². The van der Waals surface area contributed by atoms with Gasteiger partial charge in [-0.2, -0.15) is 0 Å². The monoisotopic (exact) mass is 570 g/mol. The van der Waals surface area contributed by atoms with Crippen LogP contribution in [0.5, 0.6) is 0 Å². The van der Waals surface area contributed by atoms with Crippen molar-refractivity contribution in [3.8, 4) is 11.1 Å². The molecule has 6 rings (SSSR count). The average molecular weight is 571 g/mol. The van der Waals surface area contributed by atoms with Crippen molar-refractivity contribution >= 4 is 29.3 Å². The number of hydrogen-bond acceptors (Lipinski definition) is 5. The third-order valence-electron chi connectivity index (χ3n) is 8.56. The minimum absolute atomic E-state index is 0.116. The number of rotatable bonds is 8. The molecule has 3 heterocycles. The second-order valence-electron chi connectivity index (χ2n) is 11.3. The van der Waals surface area contributed by atoms with Gasteiger partial charge in [0.1, 0.15) is 6.04 Å². The van der Waals surface area contributed by atoms with Crippen molar-refractivity contribution < 1.29 is 14.4 Å². The van der Waals surface area contributed by atoms with Gasteiger partial charge in [-0.05, 0) is 71.8 Å². The summed E-state index contributed by atoms with van der Waals surface area (Å²) in [5.74, 6) is -0.748. The van der Waals surface area contributed by atoms with Crippen LogP contribution in [0.1, 0.15) is 46.3 Å². The van der Waals surface area contributed by atoms with Gasteiger partial charge >= 0.3 is 0 Å². The van der Waals surface area contributed by atoms with Gasteiger partial charge in [0.15, 0.2) is 0 Å². The number of nitrogens with one attached hydrogen (secondary N) is 1. The summed E-state index contributed by atoms with van der Waals surface area (Å²) in [6.07, 6.45) is 2.67. The van der Waals surface area contributed by atoms with E-state index in [4.69, 9.17) is 11.6 Å². The van der Waals surface area contributed by atoms with Gasteiger partial charge in [-0.3, -0.25) is 24.6 Å². The summed E-state index contributed by atoms with van der Waals surface area (Å²) in [7, 11) is 0. The number of fused-ring (bicyclic) bond motifs is 1. The highest BCUT2D eigenvalue weighted by Crippen LogP contribution is 2.29. The molecule has 0 aromatic heterocycles. The lowest BCUT2D eigenvalue weighted by molar-refractivity contribution is -0.136. The molecule has 1 atom stereocenters. The van der Waals surface area contributed by atoms with Crippen LogP contribution in [0.4, 0.5) is 0 Å². The standard InChI is InChI=1S/C33H35ClN4O3/c34-27-10-8-24(9-11-27)28-6-2-1-5-25(28)21-37-18-16-36(17-19-37)15-3-4-23-7-12-29-26(20-23)22-38(33(29)41)30-13-14-31(39)35-32(30)40/h1-2,5-12,20,30H,3-4,13-19,21-22H2,(H,35,39,40). The van der Waals surface area contributed by atoms with E-state index in [2.05, 4.69) is 57.6 Å². The third-order valence-corrected chi connectivity index (χ3v) is 8.81. The van der Waals surface area contributed by atoms with Crippen LogP contribution in [0.25, 0.3) is 11.1 Å². The smallest absolute Gasteiger partial charge is 0.255 e. The van der Waals surface area contributed by atoms with Crippen molar-refractivity contribution in [3.63, 3.8) is 0 Å². The van der Waals surface area contributed by atoms with Gasteiger partial charge in [-0.15, -0.1) is 0 Å². The van der Waals surface area contributed by atoms with Crippen molar-refractivity contribution in [2.75, 3.05) is 32.7 Å². The lowest BCUT2D eigenvalue weighted by atomic mass is 9.99. The highest BCUT2D eigenvalue weighted by atomic mass is 35.5. The Hall–Kier alpha value is -3.52. The highest BCUT2D eigenvalue weighted by molar-refractivity contribution is 6.30. The molecule has 3 aliphatic heterocycles. The molecule has 212 valence electrons. The van der Waals surface area contributed by atoms with Gasteiger partial charge in [0.25, 0.3) is 5.91 Å². The van der Waals surface area contributed by atoms with Crippen molar-refractivity contribution in [2.45, 2.75) is 44.8 Å². The van der Waals surface area contributed by atoms with Gasteiger partial charge < -0.3 is 9.80 Å². The summed E-state index contributed by atoms with van der Waals surface area (Å²) in [4.78, 5) is 43.5. The molecule has 1 N–H and O–H groups in total. The number of carbonyl (C=O) groups excluding carboxylic acids is 3. The normalized spacial score (nSPS) is 19.9. The Morgan fingerprint density at radius 2 is 1.61 bits per heavy atom. The predicted molar refractivity (Wildman–Crippen MR) is 159 cm³/mol. The zero-order valence-corrected chi connectivity index (χ0v) is 23.9. The molecular formula is C33H35ClN4O3. The Kier molecular flexibility index (Phi) is 8.19. The molecule has 0 bridgehead atoms. The topological polar surface area (TPSA) is 73.0 Å². The van der Waals surface area contributed by atoms with Crippen LogP contribution >= 0.6 is 11.6 Å². The summed E-state index contributed by atoms with van der Waals surface area (Å²) in [5.41, 5.74) is 6.68. The van der Waals surface area contributed by atoms with E-state index < -0.39 is 6.04 Å². The molecule has 0 radical (unpaired) electrons. The molecule has 2 saturated heterocycles. The molecular weight excluding hydrogens is 536 g/mol. The Morgan fingerprint density at radius 3 is 2.39 bits per heavy atom. The molecule has 0 saturated carbocycles. The first-order valence-corrected chi connectivity index (χ1v) is 14.9. The summed E-state index contributed by atoms with van der Waals surface area (Å²) < 4.78 is 0. The number of aryl methyl sites for hydroxylation is 1. The molecule has 8 heteroatoms. The number of amides is 3. The van der Waals surface area contributed by atoms with Gasteiger partial charge in [0.2, 0.25) is 11.8 Å². The van der Waals surface area contributed by atoms with Crippen LogP contribution in [0.15, 0.2) is 66.7 Å². The zero-order valence-electron chi connectivity index (χ0n) is 23.2. The number of halogens is 1. The van der Waals surface area contributed by atoms with Gasteiger partial charge in [-0.25, -0.2) is 0 Å². The molecule has 0 aliphatic carbocycles. The SMILES string of the molecule is O=C1CCC(N2Cc3cc(CCCN4CCN(Cc5ccccc5-c5ccc(Cl)cc5)CC4)ccc3C2=O)C(=O)N1. The predicted octanol–water partition coefficient (Wildman–Crippen LogP) is 4.52. The Balaban J connectivity index is 0.976. The van der Waals surface area contributed by atoms with Crippen molar-refractivity contribution in [1.29, 1.82) is 0 Å². The minimum atomic E-state index is -0.569. The second-order valence-corrected chi connectivity index (χ2v) is 11.7. The molecule has 3 aromatic carbocycles. The van der Waals surface area contributed by atoms with Gasteiger partial charge in [0, 0.05) is 56.3 Å². The number of nitrogens with zero attached hydrogens (tertiary/aromatic N) is 3. The Bertz CT molecular complexity index is 1450. The maximum absolute atomic E-state index is 12.9. The average Bonchev–Trinajstić information content (AvgIpc) is 3.30. The first-order chi connectivity index (χ1) is 19.9. The van der Waals surface area contributed by atoms with E-state index in [-0.39, 0.29) is 24.1 Å². The number of piperazine rings is 1. The number of imide groups is 1. The van der Waals surface area contributed by atoms with Crippen LogP contribution in [-0.4, -0.2) is 71.2 Å². The van der Waals surface area contributed by atoms with E-state index in [1.165, 1.54) is 22.3 Å². The van der Waals surface area contributed by atoms with Crippen molar-refractivity contribution in [3.05, 3.63) is 94.0 Å². The molecule has 0 spiro atoms. The van der Waals surface area contributed by atoms with Gasteiger partial charge in [0.05, 0.1) is 0 Å². The number of piperidine rings is 1. The van der Waals surface area contributed by atoms with E-state index in [1.54, 1.807) is 4.90 Å².